The van der Waals surface area contributed by atoms with Gasteiger partial charge in [0.1, 0.15) is 5.82 Å². The Hall–Kier alpha value is -2.22. The van der Waals surface area contributed by atoms with Crippen LogP contribution in [-0.2, 0) is 6.42 Å². The van der Waals surface area contributed by atoms with Gasteiger partial charge in [-0.15, -0.1) is 0 Å². The highest BCUT2D eigenvalue weighted by Gasteiger charge is 2.05. The van der Waals surface area contributed by atoms with Crippen molar-refractivity contribution >= 4 is 11.9 Å². The van der Waals surface area contributed by atoms with Crippen LogP contribution < -0.4 is 0 Å². The van der Waals surface area contributed by atoms with Crippen LogP contribution in [0.2, 0.25) is 0 Å². The molecule has 0 aliphatic rings. The molecule has 2 rings (SSSR count). The van der Waals surface area contributed by atoms with Crippen molar-refractivity contribution < 1.29 is 4.39 Å². The van der Waals surface area contributed by atoms with Crippen molar-refractivity contribution in [3.8, 4) is 11.1 Å². The van der Waals surface area contributed by atoms with E-state index in [4.69, 9.17) is 0 Å². The molecule has 0 aromatic heterocycles. The molecule has 0 saturated carbocycles. The molecule has 0 fully saturated rings. The van der Waals surface area contributed by atoms with E-state index in [1.807, 2.05) is 13.0 Å². The maximum atomic E-state index is 13.8. The van der Waals surface area contributed by atoms with E-state index < -0.39 is 0 Å². The summed E-state index contributed by atoms with van der Waals surface area (Å²) >= 11 is 0. The van der Waals surface area contributed by atoms with Crippen LogP contribution in [0.15, 0.2) is 59.6 Å². The van der Waals surface area contributed by atoms with Crippen molar-refractivity contribution in [2.24, 2.45) is 10.9 Å². The first-order chi connectivity index (χ1) is 10.6. The molecule has 0 bridgehead atoms. The summed E-state index contributed by atoms with van der Waals surface area (Å²) < 4.78 is 13.8. The van der Waals surface area contributed by atoms with E-state index in [1.165, 1.54) is 11.6 Å². The van der Waals surface area contributed by atoms with Gasteiger partial charge in [0, 0.05) is 6.21 Å². The summed E-state index contributed by atoms with van der Waals surface area (Å²) in [7, 11) is 0. The molecule has 0 saturated heterocycles. The van der Waals surface area contributed by atoms with Crippen molar-refractivity contribution in [2.75, 3.05) is 0 Å². The van der Waals surface area contributed by atoms with Crippen LogP contribution >= 0.6 is 0 Å². The number of hydrogen-bond donors (Lipinski definition) is 0. The second-order valence-corrected chi connectivity index (χ2v) is 5.77. The quantitative estimate of drug-likeness (QED) is 0.603. The molecule has 2 aromatic carbocycles. The first-order valence-electron chi connectivity index (χ1n) is 7.64. The van der Waals surface area contributed by atoms with E-state index in [0.29, 0.717) is 11.6 Å². The highest BCUT2D eigenvalue weighted by Crippen LogP contribution is 2.27. The normalized spacial score (nSPS) is 11.9. The van der Waals surface area contributed by atoms with Crippen molar-refractivity contribution in [1.82, 2.24) is 0 Å². The van der Waals surface area contributed by atoms with Gasteiger partial charge in [0.15, 0.2) is 0 Å². The summed E-state index contributed by atoms with van der Waals surface area (Å²) in [6.45, 7) is 6.32. The average molecular weight is 295 g/mol. The lowest BCUT2D eigenvalue weighted by Gasteiger charge is -2.08. The average Bonchev–Trinajstić information content (AvgIpc) is 2.49. The molecule has 0 N–H and O–H groups in total. The third kappa shape index (κ3) is 4.39. The lowest BCUT2D eigenvalue weighted by molar-refractivity contribution is 0.630. The zero-order valence-corrected chi connectivity index (χ0v) is 13.4. The van der Waals surface area contributed by atoms with Crippen LogP contribution in [0.4, 0.5) is 10.1 Å². The predicted octanol–water partition coefficient (Wildman–Crippen LogP) is 5.97. The van der Waals surface area contributed by atoms with Crippen molar-refractivity contribution in [1.29, 1.82) is 0 Å². The molecule has 22 heavy (non-hydrogen) atoms. The van der Waals surface area contributed by atoms with Crippen molar-refractivity contribution in [3.05, 3.63) is 66.0 Å². The summed E-state index contributed by atoms with van der Waals surface area (Å²) in [5.41, 5.74) is 3.75. The van der Waals surface area contributed by atoms with Gasteiger partial charge in [-0.2, -0.15) is 0 Å². The molecule has 0 heterocycles. The molecule has 114 valence electrons. The third-order valence-corrected chi connectivity index (χ3v) is 3.34. The van der Waals surface area contributed by atoms with Gasteiger partial charge in [0.05, 0.1) is 5.69 Å². The fourth-order valence-corrected chi connectivity index (χ4v) is 2.35. The van der Waals surface area contributed by atoms with Gasteiger partial charge in [0.25, 0.3) is 0 Å². The monoisotopic (exact) mass is 295 g/mol. The Labute approximate surface area is 132 Å². The molecule has 2 heteroatoms. The number of benzene rings is 2. The van der Waals surface area contributed by atoms with Crippen LogP contribution in [0.5, 0.6) is 0 Å². The Balaban J connectivity index is 2.34. The molecule has 0 atom stereocenters. The van der Waals surface area contributed by atoms with E-state index in [0.717, 1.165) is 17.5 Å². The van der Waals surface area contributed by atoms with E-state index in [1.54, 1.807) is 24.4 Å². The maximum Gasteiger partial charge on any atom is 0.148 e. The van der Waals surface area contributed by atoms with Crippen LogP contribution in [0.3, 0.4) is 0 Å². The lowest BCUT2D eigenvalue weighted by Crippen LogP contribution is -1.94. The maximum absolute atomic E-state index is 13.8. The molecular weight excluding hydrogens is 273 g/mol. The van der Waals surface area contributed by atoms with Crippen LogP contribution in [-0.4, -0.2) is 6.21 Å². The second-order valence-electron chi connectivity index (χ2n) is 5.77. The van der Waals surface area contributed by atoms with Crippen LogP contribution in [0.1, 0.15) is 26.3 Å². The first kappa shape index (κ1) is 16.2. The van der Waals surface area contributed by atoms with Crippen molar-refractivity contribution in [3.63, 3.8) is 0 Å². The Morgan fingerprint density at radius 3 is 2.59 bits per heavy atom. The standard InChI is InChI=1S/C20H22FN/c1-4-5-11-22-20-14-18(9-10-19(20)21)17-8-6-7-16(13-17)12-15(2)3/h4-11,13-15H,12H2,1-3H3/b5-4-,22-11?. The van der Waals surface area contributed by atoms with Gasteiger partial charge in [-0.1, -0.05) is 50.3 Å². The van der Waals surface area contributed by atoms with Gasteiger partial charge < -0.3 is 0 Å². The molecule has 0 aliphatic carbocycles. The largest absolute Gasteiger partial charge is 0.254 e. The van der Waals surface area contributed by atoms with Gasteiger partial charge in [-0.05, 0) is 54.2 Å². The molecule has 0 spiro atoms. The summed E-state index contributed by atoms with van der Waals surface area (Å²) in [4.78, 5) is 4.17. The Morgan fingerprint density at radius 2 is 1.86 bits per heavy atom. The van der Waals surface area contributed by atoms with E-state index >= 15 is 0 Å². The minimum atomic E-state index is -0.303. The number of hydrogen-bond acceptors (Lipinski definition) is 1. The second kappa shape index (κ2) is 7.69. The molecule has 2 aromatic rings. The summed E-state index contributed by atoms with van der Waals surface area (Å²) in [6.07, 6.45) is 6.30. The molecule has 0 aliphatic heterocycles. The van der Waals surface area contributed by atoms with Gasteiger partial charge in [-0.25, -0.2) is 4.39 Å². The summed E-state index contributed by atoms with van der Waals surface area (Å²) in [6, 6.07) is 13.5. The number of nitrogens with zero attached hydrogens (tertiary/aromatic N) is 1. The predicted molar refractivity (Wildman–Crippen MR) is 93.3 cm³/mol. The Bertz CT molecular complexity index is 684. The molecule has 0 amide bonds. The summed E-state index contributed by atoms with van der Waals surface area (Å²) in [5.74, 6) is 0.312. The molecule has 0 unspecified atom stereocenters. The van der Waals surface area contributed by atoms with E-state index in [-0.39, 0.29) is 5.82 Å². The number of rotatable bonds is 5. The molecule has 0 radical (unpaired) electrons. The number of allylic oxidation sites excluding steroid dienone is 2. The van der Waals surface area contributed by atoms with Crippen LogP contribution in [0.25, 0.3) is 11.1 Å². The fourth-order valence-electron chi connectivity index (χ4n) is 2.35. The zero-order valence-electron chi connectivity index (χ0n) is 13.4. The summed E-state index contributed by atoms with van der Waals surface area (Å²) in [5, 5.41) is 0. The van der Waals surface area contributed by atoms with Gasteiger partial charge >= 0.3 is 0 Å². The topological polar surface area (TPSA) is 12.4 Å². The lowest BCUT2D eigenvalue weighted by atomic mass is 9.98. The number of aliphatic imine (C=N–C) groups is 1. The van der Waals surface area contributed by atoms with Crippen molar-refractivity contribution in [2.45, 2.75) is 27.2 Å². The highest BCUT2D eigenvalue weighted by atomic mass is 19.1. The zero-order chi connectivity index (χ0) is 15.9. The minimum absolute atomic E-state index is 0.303. The third-order valence-electron chi connectivity index (χ3n) is 3.34. The Morgan fingerprint density at radius 1 is 1.09 bits per heavy atom. The number of halogens is 1. The highest BCUT2D eigenvalue weighted by molar-refractivity contribution is 5.76. The molecular formula is C20H22FN. The van der Waals surface area contributed by atoms with Gasteiger partial charge in [0.2, 0.25) is 0 Å². The smallest absolute Gasteiger partial charge is 0.148 e. The van der Waals surface area contributed by atoms with E-state index in [9.17, 15) is 4.39 Å². The molecule has 1 nitrogen and oxygen atoms in total. The fraction of sp³-hybridized carbons (Fsp3) is 0.250. The van der Waals surface area contributed by atoms with Gasteiger partial charge in [-0.3, -0.25) is 4.99 Å². The van der Waals surface area contributed by atoms with Crippen LogP contribution in [0, 0.1) is 11.7 Å². The Kier molecular flexibility index (Phi) is 5.65. The SMILES string of the molecule is C/C=C\C=Nc1cc(-c2cccc(CC(C)C)c2)ccc1F. The minimum Gasteiger partial charge on any atom is -0.254 e. The first-order valence-corrected chi connectivity index (χ1v) is 7.64. The van der Waals surface area contributed by atoms with E-state index in [2.05, 4.69) is 43.1 Å².